The van der Waals surface area contributed by atoms with Crippen molar-refractivity contribution >= 4 is 27.3 Å². The summed E-state index contributed by atoms with van der Waals surface area (Å²) in [5.41, 5.74) is 2.07. The average Bonchev–Trinajstić information content (AvgIpc) is 2.77. The Hall–Kier alpha value is -0.650. The minimum Gasteiger partial charge on any atom is -0.314 e. The van der Waals surface area contributed by atoms with Gasteiger partial charge in [0.15, 0.2) is 0 Å². The molecule has 2 N–H and O–H groups in total. The Bertz CT molecular complexity index is 408. The van der Waals surface area contributed by atoms with Crippen molar-refractivity contribution in [3.05, 3.63) is 27.7 Å². The van der Waals surface area contributed by atoms with E-state index < -0.39 is 0 Å². The molecule has 2 rings (SSSR count). The molecule has 0 radical (unpaired) electrons. The number of halogens is 1. The fourth-order valence-corrected chi connectivity index (χ4v) is 2.62. The Morgan fingerprint density at radius 2 is 2.50 bits per heavy atom. The van der Waals surface area contributed by atoms with Gasteiger partial charge in [0.1, 0.15) is 5.69 Å². The SMILES string of the molecule is CNCc1[nH]nc(-c2cccs2)c1Br. The number of hydrogen-bond acceptors (Lipinski definition) is 3. The maximum Gasteiger partial charge on any atom is 0.117 e. The Morgan fingerprint density at radius 1 is 1.64 bits per heavy atom. The molecule has 0 aliphatic heterocycles. The summed E-state index contributed by atoms with van der Waals surface area (Å²) in [6.45, 7) is 0.791. The fourth-order valence-electron chi connectivity index (χ4n) is 1.23. The molecule has 0 aliphatic rings. The van der Waals surface area contributed by atoms with E-state index in [1.54, 1.807) is 11.3 Å². The Kier molecular flexibility index (Phi) is 3.00. The van der Waals surface area contributed by atoms with E-state index in [9.17, 15) is 0 Å². The van der Waals surface area contributed by atoms with Gasteiger partial charge in [-0.15, -0.1) is 11.3 Å². The van der Waals surface area contributed by atoms with Crippen molar-refractivity contribution in [2.45, 2.75) is 6.54 Å². The summed E-state index contributed by atoms with van der Waals surface area (Å²) in [6, 6.07) is 4.09. The lowest BCUT2D eigenvalue weighted by atomic mass is 10.3. The third-order valence-corrected chi connectivity index (χ3v) is 3.61. The van der Waals surface area contributed by atoms with Gasteiger partial charge in [-0.05, 0) is 34.4 Å². The summed E-state index contributed by atoms with van der Waals surface area (Å²) < 4.78 is 1.05. The van der Waals surface area contributed by atoms with Gasteiger partial charge < -0.3 is 5.32 Å². The van der Waals surface area contributed by atoms with E-state index in [0.29, 0.717) is 0 Å². The zero-order valence-electron chi connectivity index (χ0n) is 7.67. The maximum atomic E-state index is 4.28. The van der Waals surface area contributed by atoms with Crippen molar-refractivity contribution in [3.8, 4) is 10.6 Å². The molecule has 0 saturated carbocycles. The molecule has 2 heterocycles. The molecule has 0 aromatic carbocycles. The normalized spacial score (nSPS) is 10.7. The number of nitrogens with one attached hydrogen (secondary N) is 2. The molecule has 5 heteroatoms. The fraction of sp³-hybridized carbons (Fsp3) is 0.222. The lowest BCUT2D eigenvalue weighted by molar-refractivity contribution is 0.781. The summed E-state index contributed by atoms with van der Waals surface area (Å²) in [6.07, 6.45) is 0. The molecule has 0 amide bonds. The smallest absolute Gasteiger partial charge is 0.117 e. The zero-order valence-corrected chi connectivity index (χ0v) is 10.1. The first kappa shape index (κ1) is 9.89. The molecule has 74 valence electrons. The topological polar surface area (TPSA) is 40.7 Å². The van der Waals surface area contributed by atoms with Crippen LogP contribution in [0.2, 0.25) is 0 Å². The van der Waals surface area contributed by atoms with Crippen LogP contribution in [0.3, 0.4) is 0 Å². The van der Waals surface area contributed by atoms with Crippen LogP contribution in [0.5, 0.6) is 0 Å². The first-order valence-corrected chi connectivity index (χ1v) is 5.91. The van der Waals surface area contributed by atoms with Gasteiger partial charge in [-0.3, -0.25) is 5.10 Å². The van der Waals surface area contributed by atoms with Crippen LogP contribution in [0, 0.1) is 0 Å². The van der Waals surface area contributed by atoms with Gasteiger partial charge in [0, 0.05) is 6.54 Å². The molecule has 2 aromatic heterocycles. The van der Waals surface area contributed by atoms with Gasteiger partial charge in [-0.25, -0.2) is 0 Å². The highest BCUT2D eigenvalue weighted by Crippen LogP contribution is 2.31. The van der Waals surface area contributed by atoms with Gasteiger partial charge in [0.05, 0.1) is 15.0 Å². The van der Waals surface area contributed by atoms with Crippen LogP contribution in [0.15, 0.2) is 22.0 Å². The highest BCUT2D eigenvalue weighted by Gasteiger charge is 2.11. The Labute approximate surface area is 94.7 Å². The minimum absolute atomic E-state index is 0.791. The Morgan fingerprint density at radius 3 is 3.14 bits per heavy atom. The van der Waals surface area contributed by atoms with Crippen molar-refractivity contribution < 1.29 is 0 Å². The molecule has 0 aliphatic carbocycles. The maximum absolute atomic E-state index is 4.28. The number of rotatable bonds is 3. The third-order valence-electron chi connectivity index (χ3n) is 1.88. The van der Waals surface area contributed by atoms with E-state index in [-0.39, 0.29) is 0 Å². The molecule has 3 nitrogen and oxygen atoms in total. The molecule has 2 aromatic rings. The molecule has 0 fully saturated rings. The van der Waals surface area contributed by atoms with Gasteiger partial charge in [0.2, 0.25) is 0 Å². The number of H-pyrrole nitrogens is 1. The van der Waals surface area contributed by atoms with Crippen molar-refractivity contribution in [2.75, 3.05) is 7.05 Å². The quantitative estimate of drug-likeness (QED) is 0.901. The van der Waals surface area contributed by atoms with Crippen LogP contribution in [-0.4, -0.2) is 17.2 Å². The number of nitrogens with zero attached hydrogens (tertiary/aromatic N) is 1. The summed E-state index contributed by atoms with van der Waals surface area (Å²) in [7, 11) is 1.91. The van der Waals surface area contributed by atoms with E-state index >= 15 is 0 Å². The molecule has 0 unspecified atom stereocenters. The van der Waals surface area contributed by atoms with E-state index in [2.05, 4.69) is 37.5 Å². The zero-order chi connectivity index (χ0) is 9.97. The van der Waals surface area contributed by atoms with Crippen molar-refractivity contribution in [3.63, 3.8) is 0 Å². The second-order valence-electron chi connectivity index (χ2n) is 2.87. The monoisotopic (exact) mass is 271 g/mol. The van der Waals surface area contributed by atoms with Crippen molar-refractivity contribution in [1.82, 2.24) is 15.5 Å². The van der Waals surface area contributed by atoms with Crippen molar-refractivity contribution in [2.24, 2.45) is 0 Å². The van der Waals surface area contributed by atoms with Crippen LogP contribution in [0.4, 0.5) is 0 Å². The number of aromatic amines is 1. The van der Waals surface area contributed by atoms with E-state index in [0.717, 1.165) is 22.4 Å². The summed E-state index contributed by atoms with van der Waals surface area (Å²) >= 11 is 5.24. The van der Waals surface area contributed by atoms with E-state index in [4.69, 9.17) is 0 Å². The largest absolute Gasteiger partial charge is 0.314 e. The van der Waals surface area contributed by atoms with Crippen LogP contribution >= 0.6 is 27.3 Å². The third kappa shape index (κ3) is 1.75. The average molecular weight is 272 g/mol. The lowest BCUT2D eigenvalue weighted by Gasteiger charge is -1.95. The van der Waals surface area contributed by atoms with Crippen LogP contribution < -0.4 is 5.32 Å². The minimum atomic E-state index is 0.791. The predicted octanol–water partition coefficient (Wildman–Crippen LogP) is 2.62. The second kappa shape index (κ2) is 4.25. The van der Waals surface area contributed by atoms with Gasteiger partial charge >= 0.3 is 0 Å². The highest BCUT2D eigenvalue weighted by atomic mass is 79.9. The standard InChI is InChI=1S/C9H10BrN3S/c1-11-5-6-8(10)9(13-12-6)7-3-2-4-14-7/h2-4,11H,5H2,1H3,(H,12,13). The molecular weight excluding hydrogens is 262 g/mol. The van der Waals surface area contributed by atoms with Crippen LogP contribution in [-0.2, 0) is 6.54 Å². The van der Waals surface area contributed by atoms with E-state index in [1.165, 1.54) is 4.88 Å². The molecule has 0 bridgehead atoms. The molecule has 0 atom stereocenters. The Balaban J connectivity index is 2.36. The summed E-state index contributed by atoms with van der Waals surface area (Å²) in [5.74, 6) is 0. The lowest BCUT2D eigenvalue weighted by Crippen LogP contribution is -2.05. The number of aromatic nitrogens is 2. The number of hydrogen-bond donors (Lipinski definition) is 2. The summed E-state index contributed by atoms with van der Waals surface area (Å²) in [4.78, 5) is 1.18. The molecule has 0 saturated heterocycles. The van der Waals surface area contributed by atoms with E-state index in [1.807, 2.05) is 18.5 Å². The number of thiophene rings is 1. The molecular formula is C9H10BrN3S. The predicted molar refractivity (Wildman–Crippen MR) is 62.4 cm³/mol. The summed E-state index contributed by atoms with van der Waals surface area (Å²) in [5, 5.41) is 12.4. The van der Waals surface area contributed by atoms with Crippen molar-refractivity contribution in [1.29, 1.82) is 0 Å². The highest BCUT2D eigenvalue weighted by molar-refractivity contribution is 9.10. The second-order valence-corrected chi connectivity index (χ2v) is 4.61. The molecule has 14 heavy (non-hydrogen) atoms. The van der Waals surface area contributed by atoms with Gasteiger partial charge in [-0.2, -0.15) is 5.10 Å². The van der Waals surface area contributed by atoms with Crippen LogP contribution in [0.1, 0.15) is 5.69 Å². The van der Waals surface area contributed by atoms with Crippen LogP contribution in [0.25, 0.3) is 10.6 Å². The van der Waals surface area contributed by atoms with Gasteiger partial charge in [-0.1, -0.05) is 6.07 Å². The van der Waals surface area contributed by atoms with Gasteiger partial charge in [0.25, 0.3) is 0 Å². The first-order valence-electron chi connectivity index (χ1n) is 4.24. The molecule has 0 spiro atoms. The first-order chi connectivity index (χ1) is 6.83.